The van der Waals surface area contributed by atoms with Gasteiger partial charge >= 0.3 is 0 Å². The molecule has 0 radical (unpaired) electrons. The number of hydrogen-bond donors (Lipinski definition) is 1. The van der Waals surface area contributed by atoms with Gasteiger partial charge in [0, 0.05) is 41.4 Å². The third kappa shape index (κ3) is 6.12. The molecule has 1 N–H and O–H groups in total. The van der Waals surface area contributed by atoms with Gasteiger partial charge in [-0.15, -0.1) is 0 Å². The SMILES string of the molecule is CC(C)=CCN1CCC(NCC(C)S(C)=O)CC1. The van der Waals surface area contributed by atoms with Crippen LogP contribution in [0.4, 0.5) is 0 Å². The van der Waals surface area contributed by atoms with E-state index >= 15 is 0 Å². The Morgan fingerprint density at radius 1 is 1.44 bits per heavy atom. The Labute approximate surface area is 114 Å². The minimum Gasteiger partial charge on any atom is -0.313 e. The number of allylic oxidation sites excluding steroid dienone is 1. The van der Waals surface area contributed by atoms with Crippen LogP contribution in [0.3, 0.4) is 0 Å². The third-order valence-corrected chi connectivity index (χ3v) is 4.91. The minimum absolute atomic E-state index is 0.258. The van der Waals surface area contributed by atoms with Crippen LogP contribution in [-0.4, -0.2) is 52.8 Å². The quantitative estimate of drug-likeness (QED) is 0.748. The van der Waals surface area contributed by atoms with Crippen LogP contribution in [0.2, 0.25) is 0 Å². The van der Waals surface area contributed by atoms with Crippen LogP contribution in [0.5, 0.6) is 0 Å². The van der Waals surface area contributed by atoms with Gasteiger partial charge in [-0.1, -0.05) is 11.6 Å². The van der Waals surface area contributed by atoms with Crippen molar-refractivity contribution >= 4 is 10.8 Å². The van der Waals surface area contributed by atoms with Crippen molar-refractivity contribution in [1.29, 1.82) is 0 Å². The zero-order valence-corrected chi connectivity index (χ0v) is 13.1. The Kier molecular flexibility index (Phi) is 7.12. The van der Waals surface area contributed by atoms with Crippen LogP contribution in [0.25, 0.3) is 0 Å². The fourth-order valence-corrected chi connectivity index (χ4v) is 2.41. The Morgan fingerprint density at radius 2 is 2.06 bits per heavy atom. The Morgan fingerprint density at radius 3 is 2.56 bits per heavy atom. The molecule has 4 heteroatoms. The van der Waals surface area contributed by atoms with E-state index in [-0.39, 0.29) is 5.25 Å². The molecule has 3 nitrogen and oxygen atoms in total. The lowest BCUT2D eigenvalue weighted by molar-refractivity contribution is 0.215. The first-order chi connectivity index (χ1) is 8.49. The summed E-state index contributed by atoms with van der Waals surface area (Å²) in [7, 11) is -0.711. The molecule has 0 bridgehead atoms. The highest BCUT2D eigenvalue weighted by molar-refractivity contribution is 7.84. The van der Waals surface area contributed by atoms with E-state index in [4.69, 9.17) is 0 Å². The number of nitrogens with zero attached hydrogens (tertiary/aromatic N) is 1. The van der Waals surface area contributed by atoms with Crippen LogP contribution in [0, 0.1) is 0 Å². The monoisotopic (exact) mass is 272 g/mol. The van der Waals surface area contributed by atoms with Crippen LogP contribution in [0.1, 0.15) is 33.6 Å². The summed E-state index contributed by atoms with van der Waals surface area (Å²) >= 11 is 0. The van der Waals surface area contributed by atoms with Crippen molar-refractivity contribution in [2.24, 2.45) is 0 Å². The number of likely N-dealkylation sites (tertiary alicyclic amines) is 1. The van der Waals surface area contributed by atoms with Crippen molar-refractivity contribution in [3.05, 3.63) is 11.6 Å². The predicted octanol–water partition coefficient (Wildman–Crippen LogP) is 1.77. The van der Waals surface area contributed by atoms with E-state index in [0.29, 0.717) is 6.04 Å². The van der Waals surface area contributed by atoms with E-state index in [1.54, 1.807) is 6.26 Å². The highest BCUT2D eigenvalue weighted by atomic mass is 32.2. The lowest BCUT2D eigenvalue weighted by atomic mass is 10.0. The Bertz CT molecular complexity index is 292. The summed E-state index contributed by atoms with van der Waals surface area (Å²) in [5.74, 6) is 0. The zero-order valence-electron chi connectivity index (χ0n) is 12.2. The number of rotatable bonds is 6. The molecule has 1 saturated heterocycles. The first kappa shape index (κ1) is 15.9. The summed E-state index contributed by atoms with van der Waals surface area (Å²) in [5, 5.41) is 3.81. The molecule has 0 aromatic rings. The second-order valence-electron chi connectivity index (χ2n) is 5.57. The maximum Gasteiger partial charge on any atom is 0.0441 e. The average Bonchev–Trinajstić information content (AvgIpc) is 2.34. The van der Waals surface area contributed by atoms with E-state index in [1.165, 1.54) is 31.5 Å². The van der Waals surface area contributed by atoms with Gasteiger partial charge in [-0.3, -0.25) is 9.11 Å². The molecule has 106 valence electrons. The molecule has 1 heterocycles. The minimum atomic E-state index is -0.711. The molecule has 1 aliphatic heterocycles. The van der Waals surface area contributed by atoms with E-state index in [0.717, 1.165) is 13.1 Å². The van der Waals surface area contributed by atoms with E-state index < -0.39 is 10.8 Å². The lowest BCUT2D eigenvalue weighted by Crippen LogP contribution is -2.44. The summed E-state index contributed by atoms with van der Waals surface area (Å²) in [6.45, 7) is 10.7. The molecule has 1 aliphatic rings. The molecule has 2 atom stereocenters. The molecule has 0 saturated carbocycles. The maximum absolute atomic E-state index is 11.3. The van der Waals surface area contributed by atoms with Crippen molar-refractivity contribution < 1.29 is 4.21 Å². The van der Waals surface area contributed by atoms with Gasteiger partial charge in [0.25, 0.3) is 0 Å². The van der Waals surface area contributed by atoms with Crippen molar-refractivity contribution in [3.8, 4) is 0 Å². The van der Waals surface area contributed by atoms with Gasteiger partial charge in [0.1, 0.15) is 0 Å². The summed E-state index contributed by atoms with van der Waals surface area (Å²) < 4.78 is 11.3. The molecule has 0 aliphatic carbocycles. The standard InChI is InChI=1S/C14H28N2OS/c1-12(2)5-8-16-9-6-14(7-10-16)15-11-13(3)18(4)17/h5,13-15H,6-11H2,1-4H3. The molecule has 1 fully saturated rings. The van der Waals surface area contributed by atoms with E-state index in [2.05, 4.69) is 30.1 Å². The van der Waals surface area contributed by atoms with Gasteiger partial charge in [-0.25, -0.2) is 0 Å². The van der Waals surface area contributed by atoms with Gasteiger partial charge in [-0.2, -0.15) is 0 Å². The maximum atomic E-state index is 11.3. The van der Waals surface area contributed by atoms with Gasteiger partial charge in [0.15, 0.2) is 0 Å². The summed E-state index contributed by atoms with van der Waals surface area (Å²) in [6.07, 6.45) is 6.50. The molecule has 1 rings (SSSR count). The highest BCUT2D eigenvalue weighted by Crippen LogP contribution is 2.10. The molecule has 2 unspecified atom stereocenters. The summed E-state index contributed by atoms with van der Waals surface area (Å²) in [4.78, 5) is 2.51. The number of nitrogens with one attached hydrogen (secondary N) is 1. The molecule has 0 aromatic heterocycles. The predicted molar refractivity (Wildman–Crippen MR) is 80.4 cm³/mol. The molecular weight excluding hydrogens is 244 g/mol. The molecule has 0 aromatic carbocycles. The molecule has 0 amide bonds. The van der Waals surface area contributed by atoms with Gasteiger partial charge in [-0.05, 0) is 46.7 Å². The van der Waals surface area contributed by atoms with Crippen LogP contribution < -0.4 is 5.32 Å². The van der Waals surface area contributed by atoms with Gasteiger partial charge in [0.2, 0.25) is 0 Å². The van der Waals surface area contributed by atoms with Gasteiger partial charge in [0.05, 0.1) is 0 Å². The summed E-state index contributed by atoms with van der Waals surface area (Å²) in [5.41, 5.74) is 1.40. The summed E-state index contributed by atoms with van der Waals surface area (Å²) in [6, 6.07) is 0.610. The van der Waals surface area contributed by atoms with Crippen LogP contribution in [0.15, 0.2) is 11.6 Å². The van der Waals surface area contributed by atoms with Crippen LogP contribution in [-0.2, 0) is 10.8 Å². The second-order valence-corrected chi connectivity index (χ2v) is 7.38. The van der Waals surface area contributed by atoms with Gasteiger partial charge < -0.3 is 5.32 Å². The topological polar surface area (TPSA) is 32.3 Å². The van der Waals surface area contributed by atoms with Crippen LogP contribution >= 0.6 is 0 Å². The fraction of sp³-hybridized carbons (Fsp3) is 0.857. The van der Waals surface area contributed by atoms with Crippen molar-refractivity contribution in [1.82, 2.24) is 10.2 Å². The van der Waals surface area contributed by atoms with Crippen molar-refractivity contribution in [2.75, 3.05) is 32.4 Å². The molecule has 18 heavy (non-hydrogen) atoms. The van der Waals surface area contributed by atoms with Crippen molar-refractivity contribution in [3.63, 3.8) is 0 Å². The largest absolute Gasteiger partial charge is 0.313 e. The van der Waals surface area contributed by atoms with E-state index in [1.807, 2.05) is 6.92 Å². The third-order valence-electron chi connectivity index (χ3n) is 3.61. The first-order valence-corrected chi connectivity index (χ1v) is 8.52. The second kappa shape index (κ2) is 8.08. The smallest absolute Gasteiger partial charge is 0.0441 e. The van der Waals surface area contributed by atoms with Crippen molar-refractivity contribution in [2.45, 2.75) is 44.9 Å². The highest BCUT2D eigenvalue weighted by Gasteiger charge is 2.18. The average molecular weight is 272 g/mol. The first-order valence-electron chi connectivity index (χ1n) is 6.90. The van der Waals surface area contributed by atoms with E-state index in [9.17, 15) is 4.21 Å². The lowest BCUT2D eigenvalue weighted by Gasteiger charge is -2.32. The number of hydrogen-bond acceptors (Lipinski definition) is 3. The Hall–Kier alpha value is -0.190. The number of piperidine rings is 1. The normalized spacial score (nSPS) is 21.6. The Balaban J connectivity index is 2.19. The molecule has 0 spiro atoms. The molecular formula is C14H28N2OS. The fourth-order valence-electron chi connectivity index (χ4n) is 2.08. The zero-order chi connectivity index (χ0) is 13.5.